The number of nitrogens with zero attached hydrogens (tertiary/aromatic N) is 2. The molecule has 4 rings (SSSR count). The monoisotopic (exact) mass is 386 g/mol. The summed E-state index contributed by atoms with van der Waals surface area (Å²) in [5.41, 5.74) is 2.31. The second-order valence-electron chi connectivity index (χ2n) is 7.23. The number of benzene rings is 2. The molecule has 0 saturated carbocycles. The van der Waals surface area contributed by atoms with Crippen LogP contribution in [0.15, 0.2) is 47.6 Å². The molecule has 1 spiro atoms. The summed E-state index contributed by atoms with van der Waals surface area (Å²) in [4.78, 5) is 12.3. The van der Waals surface area contributed by atoms with Crippen molar-refractivity contribution in [1.29, 1.82) is 0 Å². The van der Waals surface area contributed by atoms with E-state index in [0.29, 0.717) is 5.04 Å². The normalized spacial score (nSPS) is 21.5. The summed E-state index contributed by atoms with van der Waals surface area (Å²) in [7, 11) is 0. The molecule has 1 unspecified atom stereocenters. The highest BCUT2D eigenvalue weighted by atomic mass is 32.2. The van der Waals surface area contributed by atoms with Crippen LogP contribution < -0.4 is 0 Å². The van der Waals surface area contributed by atoms with Gasteiger partial charge in [0.15, 0.2) is 0 Å². The lowest BCUT2D eigenvalue weighted by Gasteiger charge is -2.40. The molecule has 1 aliphatic heterocycles. The lowest BCUT2D eigenvalue weighted by Crippen LogP contribution is -2.45. The van der Waals surface area contributed by atoms with Gasteiger partial charge in [-0.15, -0.1) is 0 Å². The van der Waals surface area contributed by atoms with Gasteiger partial charge < -0.3 is 0 Å². The third-order valence-corrected chi connectivity index (χ3v) is 6.49. The van der Waals surface area contributed by atoms with Crippen LogP contribution in [0.2, 0.25) is 0 Å². The Hall–Kier alpha value is -2.21. The van der Waals surface area contributed by atoms with Crippen LogP contribution >= 0.6 is 11.8 Å². The molecule has 0 fully saturated rings. The van der Waals surface area contributed by atoms with E-state index in [1.54, 1.807) is 0 Å². The molecule has 1 aliphatic carbocycles. The van der Waals surface area contributed by atoms with E-state index in [1.165, 1.54) is 22.3 Å². The molecule has 2 aromatic carbocycles. The van der Waals surface area contributed by atoms with E-state index in [0.717, 1.165) is 43.0 Å². The summed E-state index contributed by atoms with van der Waals surface area (Å²) in [6.45, 7) is 3.65. The Balaban J connectivity index is 1.87. The van der Waals surface area contributed by atoms with Gasteiger partial charge in [0, 0.05) is 11.5 Å². The average molecular weight is 386 g/mol. The van der Waals surface area contributed by atoms with Gasteiger partial charge in [0.05, 0.1) is 0 Å². The summed E-state index contributed by atoms with van der Waals surface area (Å²) in [6, 6.07) is 11.3. The van der Waals surface area contributed by atoms with Crippen LogP contribution in [0.3, 0.4) is 0 Å². The number of aryl methyl sites for hydroxylation is 1. The molecule has 1 atom stereocenters. The maximum absolute atomic E-state index is 14.4. The van der Waals surface area contributed by atoms with Crippen molar-refractivity contribution < 1.29 is 13.6 Å². The smallest absolute Gasteiger partial charge is 0.246 e. The van der Waals surface area contributed by atoms with Crippen molar-refractivity contribution in [2.75, 3.05) is 0 Å². The fourth-order valence-electron chi connectivity index (χ4n) is 3.74. The largest absolute Gasteiger partial charge is 0.273 e. The standard InChI is InChI=1S/C21H20F2N2OS/c1-13(2)20(26)25-21(11-5-7-14-6-3-4-8-17(14)21)27-19(24-25)16-12-15(22)9-10-18(16)23/h3-4,6,8-10,12-13H,5,7,11H2,1-2H3. The van der Waals surface area contributed by atoms with Crippen LogP contribution in [-0.4, -0.2) is 16.0 Å². The van der Waals surface area contributed by atoms with Gasteiger partial charge in [0.2, 0.25) is 5.91 Å². The Kier molecular flexibility index (Phi) is 4.54. The fraction of sp³-hybridized carbons (Fsp3) is 0.333. The first-order chi connectivity index (χ1) is 12.9. The summed E-state index contributed by atoms with van der Waals surface area (Å²) >= 11 is 1.35. The number of rotatable bonds is 2. The quantitative estimate of drug-likeness (QED) is 0.724. The van der Waals surface area contributed by atoms with Crippen LogP contribution in [0.4, 0.5) is 8.78 Å². The third kappa shape index (κ3) is 2.96. The molecular formula is C21H20F2N2OS. The Morgan fingerprint density at radius 1 is 1.22 bits per heavy atom. The average Bonchev–Trinajstić information content (AvgIpc) is 3.03. The van der Waals surface area contributed by atoms with Gasteiger partial charge in [-0.05, 0) is 48.6 Å². The van der Waals surface area contributed by atoms with Crippen LogP contribution in [0.25, 0.3) is 0 Å². The minimum atomic E-state index is -0.704. The van der Waals surface area contributed by atoms with Crippen molar-refractivity contribution in [3.63, 3.8) is 0 Å². The van der Waals surface area contributed by atoms with E-state index in [2.05, 4.69) is 11.2 Å². The summed E-state index contributed by atoms with van der Waals surface area (Å²) in [5, 5.41) is 6.37. The molecule has 1 heterocycles. The summed E-state index contributed by atoms with van der Waals surface area (Å²) < 4.78 is 28.1. The molecule has 1 amide bonds. The lowest BCUT2D eigenvalue weighted by atomic mass is 9.86. The highest BCUT2D eigenvalue weighted by Gasteiger charge is 2.51. The first kappa shape index (κ1) is 18.2. The van der Waals surface area contributed by atoms with Crippen molar-refractivity contribution in [3.8, 4) is 0 Å². The molecule has 0 bridgehead atoms. The summed E-state index contributed by atoms with van der Waals surface area (Å²) in [5.74, 6) is -1.44. The van der Waals surface area contributed by atoms with Gasteiger partial charge in [0.1, 0.15) is 21.5 Å². The molecule has 2 aliphatic rings. The zero-order valence-corrected chi connectivity index (χ0v) is 16.0. The van der Waals surface area contributed by atoms with Crippen LogP contribution in [0, 0.1) is 17.6 Å². The Bertz CT molecular complexity index is 944. The molecular weight excluding hydrogens is 366 g/mol. The molecule has 0 saturated heterocycles. The molecule has 2 aromatic rings. The first-order valence-electron chi connectivity index (χ1n) is 9.08. The molecule has 0 radical (unpaired) electrons. The predicted octanol–water partition coefficient (Wildman–Crippen LogP) is 5.05. The van der Waals surface area contributed by atoms with E-state index in [9.17, 15) is 13.6 Å². The van der Waals surface area contributed by atoms with Crippen molar-refractivity contribution in [2.45, 2.75) is 38.0 Å². The van der Waals surface area contributed by atoms with E-state index in [1.807, 2.05) is 32.0 Å². The second kappa shape index (κ2) is 6.75. The number of thioether (sulfide) groups is 1. The summed E-state index contributed by atoms with van der Waals surface area (Å²) in [6.07, 6.45) is 2.56. The number of halogens is 2. The minimum absolute atomic E-state index is 0.0986. The number of carbonyl (C=O) groups excluding carboxylic acids is 1. The van der Waals surface area contributed by atoms with Gasteiger partial charge in [-0.1, -0.05) is 49.9 Å². The zero-order valence-electron chi connectivity index (χ0n) is 15.2. The highest BCUT2D eigenvalue weighted by molar-refractivity contribution is 8.15. The van der Waals surface area contributed by atoms with Gasteiger partial charge >= 0.3 is 0 Å². The highest BCUT2D eigenvalue weighted by Crippen LogP contribution is 2.54. The minimum Gasteiger partial charge on any atom is -0.273 e. The predicted molar refractivity (Wildman–Crippen MR) is 103 cm³/mol. The maximum atomic E-state index is 14.4. The number of hydrogen-bond donors (Lipinski definition) is 0. The van der Waals surface area contributed by atoms with Crippen molar-refractivity contribution in [3.05, 3.63) is 70.8 Å². The first-order valence-corrected chi connectivity index (χ1v) is 9.89. The van der Waals surface area contributed by atoms with Crippen LogP contribution in [0.5, 0.6) is 0 Å². The number of hydrazone groups is 1. The fourth-order valence-corrected chi connectivity index (χ4v) is 5.22. The van der Waals surface area contributed by atoms with Crippen molar-refractivity contribution in [1.82, 2.24) is 5.01 Å². The molecule has 6 heteroatoms. The number of fused-ring (bicyclic) bond motifs is 2. The Labute approximate surface area is 161 Å². The molecule has 27 heavy (non-hydrogen) atoms. The topological polar surface area (TPSA) is 32.7 Å². The number of hydrogen-bond acceptors (Lipinski definition) is 3. The SMILES string of the molecule is CC(C)C(=O)N1N=C(c2cc(F)ccc2F)SC12CCCc1ccccc12. The van der Waals surface area contributed by atoms with E-state index < -0.39 is 16.5 Å². The Morgan fingerprint density at radius 3 is 2.78 bits per heavy atom. The molecule has 3 nitrogen and oxygen atoms in total. The number of carbonyl (C=O) groups is 1. The van der Waals surface area contributed by atoms with Crippen LogP contribution in [0.1, 0.15) is 43.4 Å². The van der Waals surface area contributed by atoms with Gasteiger partial charge in [-0.25, -0.2) is 13.8 Å². The van der Waals surface area contributed by atoms with Gasteiger partial charge in [-0.2, -0.15) is 5.10 Å². The third-order valence-electron chi connectivity index (χ3n) is 5.06. The van der Waals surface area contributed by atoms with Crippen LogP contribution in [-0.2, 0) is 16.1 Å². The van der Waals surface area contributed by atoms with E-state index >= 15 is 0 Å². The molecule has 140 valence electrons. The van der Waals surface area contributed by atoms with Gasteiger partial charge in [0.25, 0.3) is 0 Å². The lowest BCUT2D eigenvalue weighted by molar-refractivity contribution is -0.138. The second-order valence-corrected chi connectivity index (χ2v) is 8.50. The number of amides is 1. The molecule has 0 aromatic heterocycles. The van der Waals surface area contributed by atoms with Crippen molar-refractivity contribution >= 4 is 22.7 Å². The maximum Gasteiger partial charge on any atom is 0.246 e. The zero-order chi connectivity index (χ0) is 19.2. The van der Waals surface area contributed by atoms with E-state index in [4.69, 9.17) is 0 Å². The van der Waals surface area contributed by atoms with Gasteiger partial charge in [-0.3, -0.25) is 4.79 Å². The molecule has 0 N–H and O–H groups in total. The van der Waals surface area contributed by atoms with E-state index in [-0.39, 0.29) is 17.4 Å². The Morgan fingerprint density at radius 2 is 2.00 bits per heavy atom. The van der Waals surface area contributed by atoms with Crippen molar-refractivity contribution in [2.24, 2.45) is 11.0 Å².